The van der Waals surface area contributed by atoms with Gasteiger partial charge >= 0.3 is 0 Å². The number of nitrogens with one attached hydrogen (secondary N) is 1. The lowest BCUT2D eigenvalue weighted by Gasteiger charge is -2.18. The maximum atomic E-state index is 12.8. The van der Waals surface area contributed by atoms with Gasteiger partial charge in [0.1, 0.15) is 12.2 Å². The van der Waals surface area contributed by atoms with Crippen molar-refractivity contribution < 1.29 is 9.53 Å². The fraction of sp³-hybridized carbons (Fsp3) is 0.259. The third-order valence-electron chi connectivity index (χ3n) is 6.37. The Balaban J connectivity index is 1.34. The van der Waals surface area contributed by atoms with Gasteiger partial charge in [0.25, 0.3) is 17.5 Å². The van der Waals surface area contributed by atoms with E-state index in [1.165, 1.54) is 10.6 Å². The zero-order valence-electron chi connectivity index (χ0n) is 19.4. The van der Waals surface area contributed by atoms with Crippen LogP contribution in [0.5, 0.6) is 0 Å². The minimum atomic E-state index is -0.363. The summed E-state index contributed by atoms with van der Waals surface area (Å²) in [6.07, 6.45) is 3.37. The minimum absolute atomic E-state index is 0.0407. The van der Waals surface area contributed by atoms with Crippen LogP contribution in [0.4, 0.5) is 5.69 Å². The Morgan fingerprint density at radius 2 is 1.97 bits per heavy atom. The number of hydrogen-bond acceptors (Lipinski definition) is 6. The molecule has 3 heterocycles. The number of ether oxygens (including phenoxy) is 1. The molecule has 2 aliphatic rings. The van der Waals surface area contributed by atoms with Gasteiger partial charge in [0.15, 0.2) is 0 Å². The molecule has 0 saturated carbocycles. The number of benzene rings is 2. The summed E-state index contributed by atoms with van der Waals surface area (Å²) in [6, 6.07) is 18.3. The maximum absolute atomic E-state index is 12.8. The Hall–Kier alpha value is -4.38. The van der Waals surface area contributed by atoms with E-state index in [2.05, 4.69) is 16.4 Å². The topological polar surface area (TPSA) is 99.7 Å². The highest BCUT2D eigenvalue weighted by molar-refractivity contribution is 5.97. The fourth-order valence-electron chi connectivity index (χ4n) is 4.39. The number of pyridine rings is 1. The van der Waals surface area contributed by atoms with Crippen molar-refractivity contribution in [1.29, 1.82) is 5.26 Å². The zero-order chi connectivity index (χ0) is 24.4. The van der Waals surface area contributed by atoms with E-state index in [4.69, 9.17) is 4.74 Å². The van der Waals surface area contributed by atoms with Gasteiger partial charge in [0, 0.05) is 36.6 Å². The van der Waals surface area contributed by atoms with Gasteiger partial charge in [-0.3, -0.25) is 14.2 Å². The molecule has 176 valence electrons. The minimum Gasteiger partial charge on any atom is -0.455 e. The number of nitrogens with zero attached hydrogens (tertiary/aromatic N) is 4. The highest BCUT2D eigenvalue weighted by Gasteiger charge is 2.25. The quantitative estimate of drug-likeness (QED) is 0.629. The SMILES string of the molecule is Cc1ccc(C(=O)N2CCCC2)cc1NC1=NCC(c2ccc(C#N)c(-n3ccccc3=O)c2)O1. The summed E-state index contributed by atoms with van der Waals surface area (Å²) < 4.78 is 7.52. The molecule has 1 saturated heterocycles. The van der Waals surface area contributed by atoms with E-state index in [0.717, 1.165) is 42.7 Å². The summed E-state index contributed by atoms with van der Waals surface area (Å²) in [4.78, 5) is 31.5. The van der Waals surface area contributed by atoms with Crippen LogP contribution in [0.2, 0.25) is 0 Å². The molecule has 0 spiro atoms. The molecule has 1 unspecified atom stereocenters. The molecule has 0 aliphatic carbocycles. The second-order valence-electron chi connectivity index (χ2n) is 8.70. The van der Waals surface area contributed by atoms with Crippen molar-refractivity contribution in [2.75, 3.05) is 25.0 Å². The van der Waals surface area contributed by atoms with Gasteiger partial charge in [0.05, 0.1) is 17.8 Å². The van der Waals surface area contributed by atoms with Crippen LogP contribution in [0.1, 0.15) is 46.0 Å². The van der Waals surface area contributed by atoms with Crippen LogP contribution < -0.4 is 10.9 Å². The third-order valence-corrected chi connectivity index (χ3v) is 6.37. The molecule has 0 bridgehead atoms. The number of likely N-dealkylation sites (tertiary alicyclic amines) is 1. The summed E-state index contributed by atoms with van der Waals surface area (Å²) in [6.45, 7) is 3.95. The molecule has 8 heteroatoms. The van der Waals surface area contributed by atoms with Gasteiger partial charge in [0.2, 0.25) is 0 Å². The number of amidine groups is 1. The van der Waals surface area contributed by atoms with Gasteiger partial charge in [-0.2, -0.15) is 5.26 Å². The Bertz CT molecular complexity index is 1410. The highest BCUT2D eigenvalue weighted by Crippen LogP contribution is 2.28. The monoisotopic (exact) mass is 467 g/mol. The molecule has 1 atom stereocenters. The molecule has 1 amide bonds. The number of rotatable bonds is 4. The van der Waals surface area contributed by atoms with E-state index in [9.17, 15) is 14.9 Å². The molecule has 1 N–H and O–H groups in total. The Labute approximate surface area is 203 Å². The molecule has 5 rings (SSSR count). The number of aryl methyl sites for hydroxylation is 1. The average molecular weight is 468 g/mol. The van der Waals surface area contributed by atoms with Crippen LogP contribution in [0, 0.1) is 18.3 Å². The molecule has 2 aliphatic heterocycles. The normalized spacial score (nSPS) is 17.0. The maximum Gasteiger partial charge on any atom is 0.290 e. The Kier molecular flexibility index (Phi) is 6.06. The molecule has 3 aromatic rings. The number of amides is 1. The molecule has 1 fully saturated rings. The lowest BCUT2D eigenvalue weighted by molar-refractivity contribution is 0.0793. The molecule has 2 aromatic carbocycles. The van der Waals surface area contributed by atoms with E-state index >= 15 is 0 Å². The predicted molar refractivity (Wildman–Crippen MR) is 133 cm³/mol. The van der Waals surface area contributed by atoms with Crippen molar-refractivity contribution in [2.24, 2.45) is 4.99 Å². The van der Waals surface area contributed by atoms with Crippen molar-refractivity contribution in [1.82, 2.24) is 9.47 Å². The van der Waals surface area contributed by atoms with Gasteiger partial charge < -0.3 is 15.0 Å². The number of nitriles is 1. The van der Waals surface area contributed by atoms with Gasteiger partial charge in [-0.15, -0.1) is 0 Å². The van der Waals surface area contributed by atoms with E-state index in [1.807, 2.05) is 36.1 Å². The molecular formula is C27H25N5O3. The first kappa shape index (κ1) is 22.4. The first-order valence-electron chi connectivity index (χ1n) is 11.6. The van der Waals surface area contributed by atoms with Crippen molar-refractivity contribution in [3.8, 4) is 11.8 Å². The lowest BCUT2D eigenvalue weighted by Crippen LogP contribution is -2.27. The van der Waals surface area contributed by atoms with Gasteiger partial charge in [-0.1, -0.05) is 18.2 Å². The van der Waals surface area contributed by atoms with E-state index in [-0.39, 0.29) is 17.6 Å². The van der Waals surface area contributed by atoms with E-state index < -0.39 is 0 Å². The summed E-state index contributed by atoms with van der Waals surface area (Å²) >= 11 is 0. The molecule has 0 radical (unpaired) electrons. The molecule has 1 aromatic heterocycles. The van der Waals surface area contributed by atoms with Crippen molar-refractivity contribution in [3.05, 3.63) is 93.4 Å². The predicted octanol–water partition coefficient (Wildman–Crippen LogP) is 3.79. The lowest BCUT2D eigenvalue weighted by atomic mass is 10.0. The summed E-state index contributed by atoms with van der Waals surface area (Å²) in [7, 11) is 0. The summed E-state index contributed by atoms with van der Waals surface area (Å²) in [5.41, 5.74) is 3.88. The highest BCUT2D eigenvalue weighted by atomic mass is 16.5. The second kappa shape index (κ2) is 9.47. The number of aromatic nitrogens is 1. The number of hydrogen-bond donors (Lipinski definition) is 1. The number of aliphatic imine (C=N–C) groups is 1. The van der Waals surface area contributed by atoms with Crippen LogP contribution >= 0.6 is 0 Å². The first-order chi connectivity index (χ1) is 17.0. The van der Waals surface area contributed by atoms with Crippen LogP contribution in [-0.4, -0.2) is 41.0 Å². The average Bonchev–Trinajstić information content (AvgIpc) is 3.58. The van der Waals surface area contributed by atoms with Crippen LogP contribution in [-0.2, 0) is 4.74 Å². The Morgan fingerprint density at radius 3 is 2.74 bits per heavy atom. The zero-order valence-corrected chi connectivity index (χ0v) is 19.4. The Morgan fingerprint density at radius 1 is 1.14 bits per heavy atom. The first-order valence-corrected chi connectivity index (χ1v) is 11.6. The molecular weight excluding hydrogens is 442 g/mol. The van der Waals surface area contributed by atoms with Crippen LogP contribution in [0.15, 0.2) is 70.6 Å². The fourth-order valence-corrected chi connectivity index (χ4v) is 4.39. The number of carbonyl (C=O) groups is 1. The van der Waals surface area contributed by atoms with Gasteiger partial charge in [-0.05, 0) is 61.2 Å². The summed E-state index contributed by atoms with van der Waals surface area (Å²) in [5.74, 6) is 0.0407. The van der Waals surface area contributed by atoms with Crippen molar-refractivity contribution in [2.45, 2.75) is 25.9 Å². The van der Waals surface area contributed by atoms with Gasteiger partial charge in [-0.25, -0.2) is 4.99 Å². The number of carbonyl (C=O) groups excluding carboxylic acids is 1. The van der Waals surface area contributed by atoms with Crippen LogP contribution in [0.3, 0.4) is 0 Å². The van der Waals surface area contributed by atoms with Crippen molar-refractivity contribution in [3.63, 3.8) is 0 Å². The summed E-state index contributed by atoms with van der Waals surface area (Å²) in [5, 5.41) is 12.8. The largest absolute Gasteiger partial charge is 0.455 e. The molecule has 35 heavy (non-hydrogen) atoms. The van der Waals surface area contributed by atoms with Crippen molar-refractivity contribution >= 4 is 17.6 Å². The smallest absolute Gasteiger partial charge is 0.290 e. The number of anilines is 1. The molecule has 8 nitrogen and oxygen atoms in total. The van der Waals surface area contributed by atoms with E-state index in [1.54, 1.807) is 30.5 Å². The standard InChI is InChI=1S/C27H25N5O3/c1-18-7-8-20(26(34)31-11-4-5-12-31)14-22(18)30-27-29-17-24(35-27)19-9-10-21(16-28)23(15-19)32-13-3-2-6-25(32)33/h2-3,6-10,13-15,24H,4-5,11-12,17H2,1H3,(H,29,30). The third kappa shape index (κ3) is 4.53. The van der Waals surface area contributed by atoms with Crippen LogP contribution in [0.25, 0.3) is 5.69 Å². The second-order valence-corrected chi connectivity index (χ2v) is 8.70. The van der Waals surface area contributed by atoms with E-state index in [0.29, 0.717) is 29.4 Å².